The van der Waals surface area contributed by atoms with Gasteiger partial charge in [-0.05, 0) is 48.9 Å². The first kappa shape index (κ1) is 13.3. The molecule has 0 aliphatic heterocycles. The molecular weight excluding hydrogens is 304 g/mol. The zero-order valence-electron chi connectivity index (χ0n) is 10.3. The molecule has 94 valence electrons. The van der Waals surface area contributed by atoms with Crippen LogP contribution in [0.2, 0.25) is 0 Å². The van der Waals surface area contributed by atoms with Gasteiger partial charge in [0.25, 0.3) is 5.91 Å². The molecule has 0 radical (unpaired) electrons. The molecule has 0 saturated heterocycles. The van der Waals surface area contributed by atoms with Crippen LogP contribution in [-0.4, -0.2) is 5.91 Å². The predicted octanol–water partition coefficient (Wildman–Crippen LogP) is 3.88. The van der Waals surface area contributed by atoms with Gasteiger partial charge in [-0.25, -0.2) is 0 Å². The average molecular weight is 315 g/mol. The van der Waals surface area contributed by atoms with Gasteiger partial charge in [0.15, 0.2) is 0 Å². The van der Waals surface area contributed by atoms with Crippen molar-refractivity contribution in [1.82, 2.24) is 0 Å². The Morgan fingerprint density at radius 1 is 1.21 bits per heavy atom. The molecule has 2 aromatic carbocycles. The number of nitrogens with one attached hydrogen (secondary N) is 1. The van der Waals surface area contributed by atoms with E-state index in [1.165, 1.54) is 0 Å². The van der Waals surface area contributed by atoms with Crippen molar-refractivity contribution in [3.63, 3.8) is 0 Å². The number of carbonyl (C=O) groups excluding carboxylic acids is 1. The SMILES string of the molecule is Cc1ccc(C#N)cc1NC(=O)c1ccc(Br)cc1. The number of amides is 1. The van der Waals surface area contributed by atoms with Gasteiger partial charge in [-0.1, -0.05) is 22.0 Å². The van der Waals surface area contributed by atoms with Crippen molar-refractivity contribution in [1.29, 1.82) is 5.26 Å². The quantitative estimate of drug-likeness (QED) is 0.914. The van der Waals surface area contributed by atoms with Crippen LogP contribution < -0.4 is 5.32 Å². The largest absolute Gasteiger partial charge is 0.322 e. The Balaban J connectivity index is 2.24. The van der Waals surface area contributed by atoms with Crippen LogP contribution in [0, 0.1) is 18.3 Å². The third-order valence-electron chi connectivity index (χ3n) is 2.72. The van der Waals surface area contributed by atoms with E-state index in [0.717, 1.165) is 10.0 Å². The van der Waals surface area contributed by atoms with Crippen molar-refractivity contribution in [3.05, 3.63) is 63.6 Å². The van der Waals surface area contributed by atoms with Crippen molar-refractivity contribution in [3.8, 4) is 6.07 Å². The Labute approximate surface area is 120 Å². The third-order valence-corrected chi connectivity index (χ3v) is 3.25. The number of aryl methyl sites for hydroxylation is 1. The van der Waals surface area contributed by atoms with Crippen molar-refractivity contribution in [2.24, 2.45) is 0 Å². The number of halogens is 1. The third kappa shape index (κ3) is 3.21. The van der Waals surface area contributed by atoms with Crippen LogP contribution in [0.3, 0.4) is 0 Å². The molecule has 0 atom stereocenters. The molecule has 0 fully saturated rings. The lowest BCUT2D eigenvalue weighted by Crippen LogP contribution is -2.12. The fourth-order valence-electron chi connectivity index (χ4n) is 1.62. The van der Waals surface area contributed by atoms with Gasteiger partial charge in [0.05, 0.1) is 11.6 Å². The summed E-state index contributed by atoms with van der Waals surface area (Å²) >= 11 is 3.32. The number of anilines is 1. The average Bonchev–Trinajstić information content (AvgIpc) is 2.42. The molecule has 0 unspecified atom stereocenters. The highest BCUT2D eigenvalue weighted by molar-refractivity contribution is 9.10. The maximum Gasteiger partial charge on any atom is 0.255 e. The van der Waals surface area contributed by atoms with E-state index in [1.54, 1.807) is 24.3 Å². The second kappa shape index (κ2) is 5.68. The minimum Gasteiger partial charge on any atom is -0.322 e. The fraction of sp³-hybridized carbons (Fsp3) is 0.0667. The number of rotatable bonds is 2. The topological polar surface area (TPSA) is 52.9 Å². The number of carbonyl (C=O) groups is 1. The van der Waals surface area contributed by atoms with Crippen molar-refractivity contribution in [2.75, 3.05) is 5.32 Å². The molecule has 0 bridgehead atoms. The minimum atomic E-state index is -0.189. The summed E-state index contributed by atoms with van der Waals surface area (Å²) in [4.78, 5) is 12.1. The van der Waals surface area contributed by atoms with Crippen LogP contribution in [0.15, 0.2) is 46.9 Å². The van der Waals surface area contributed by atoms with E-state index in [1.807, 2.05) is 25.1 Å². The summed E-state index contributed by atoms with van der Waals surface area (Å²) in [7, 11) is 0. The fourth-order valence-corrected chi connectivity index (χ4v) is 1.89. The molecule has 1 amide bonds. The number of hydrogen-bond acceptors (Lipinski definition) is 2. The predicted molar refractivity (Wildman–Crippen MR) is 78.0 cm³/mol. The molecule has 0 aromatic heterocycles. The van der Waals surface area contributed by atoms with Gasteiger partial charge in [0.2, 0.25) is 0 Å². The van der Waals surface area contributed by atoms with Crippen molar-refractivity contribution >= 4 is 27.5 Å². The summed E-state index contributed by atoms with van der Waals surface area (Å²) in [6, 6.07) is 14.4. The van der Waals surface area contributed by atoms with Gasteiger partial charge in [-0.2, -0.15) is 5.26 Å². The van der Waals surface area contributed by atoms with Gasteiger partial charge >= 0.3 is 0 Å². The second-order valence-corrected chi connectivity index (χ2v) is 5.02. The number of nitrogens with zero attached hydrogens (tertiary/aromatic N) is 1. The summed E-state index contributed by atoms with van der Waals surface area (Å²) in [5.41, 5.74) is 2.68. The molecule has 0 aliphatic rings. The summed E-state index contributed by atoms with van der Waals surface area (Å²) in [6.45, 7) is 1.89. The Morgan fingerprint density at radius 3 is 2.53 bits per heavy atom. The molecule has 0 saturated carbocycles. The molecule has 4 heteroatoms. The highest BCUT2D eigenvalue weighted by Crippen LogP contribution is 2.18. The Kier molecular flexibility index (Phi) is 3.98. The monoisotopic (exact) mass is 314 g/mol. The normalized spacial score (nSPS) is 9.74. The first-order chi connectivity index (χ1) is 9.10. The summed E-state index contributed by atoms with van der Waals surface area (Å²) in [5, 5.41) is 11.7. The zero-order chi connectivity index (χ0) is 13.8. The van der Waals surface area contributed by atoms with Crippen LogP contribution in [0.1, 0.15) is 21.5 Å². The molecule has 2 aromatic rings. The maximum atomic E-state index is 12.1. The Bertz CT molecular complexity index is 657. The molecule has 2 rings (SSSR count). The van der Waals surface area contributed by atoms with Crippen LogP contribution in [0.25, 0.3) is 0 Å². The number of nitriles is 1. The van der Waals surface area contributed by atoms with E-state index >= 15 is 0 Å². The van der Waals surface area contributed by atoms with Gasteiger partial charge in [-0.3, -0.25) is 4.79 Å². The lowest BCUT2D eigenvalue weighted by atomic mass is 10.1. The summed E-state index contributed by atoms with van der Waals surface area (Å²) < 4.78 is 0.923. The molecule has 19 heavy (non-hydrogen) atoms. The summed E-state index contributed by atoms with van der Waals surface area (Å²) in [5.74, 6) is -0.189. The van der Waals surface area contributed by atoms with Gasteiger partial charge in [-0.15, -0.1) is 0 Å². The molecule has 0 aliphatic carbocycles. The van der Waals surface area contributed by atoms with Crippen LogP contribution in [-0.2, 0) is 0 Å². The van der Waals surface area contributed by atoms with Gasteiger partial charge < -0.3 is 5.32 Å². The first-order valence-corrected chi connectivity index (χ1v) is 6.47. The van der Waals surface area contributed by atoms with E-state index in [2.05, 4.69) is 27.3 Å². The smallest absolute Gasteiger partial charge is 0.255 e. The van der Waals surface area contributed by atoms with Crippen molar-refractivity contribution in [2.45, 2.75) is 6.92 Å². The standard InChI is InChI=1S/C15H11BrN2O/c1-10-2-3-11(9-17)8-14(10)18-15(19)12-4-6-13(16)7-5-12/h2-8H,1H3,(H,18,19). The van der Waals surface area contributed by atoms with E-state index in [9.17, 15) is 4.79 Å². The number of benzene rings is 2. The summed E-state index contributed by atoms with van der Waals surface area (Å²) in [6.07, 6.45) is 0. The Hall–Kier alpha value is -2.12. The first-order valence-electron chi connectivity index (χ1n) is 5.68. The molecule has 1 N–H and O–H groups in total. The maximum absolute atomic E-state index is 12.1. The highest BCUT2D eigenvalue weighted by atomic mass is 79.9. The van der Waals surface area contributed by atoms with Crippen LogP contribution >= 0.6 is 15.9 Å². The zero-order valence-corrected chi connectivity index (χ0v) is 11.9. The molecule has 0 spiro atoms. The van der Waals surface area contributed by atoms with Gasteiger partial charge in [0, 0.05) is 15.7 Å². The lowest BCUT2D eigenvalue weighted by Gasteiger charge is -2.08. The molecule has 3 nitrogen and oxygen atoms in total. The van der Waals surface area contributed by atoms with Crippen LogP contribution in [0.5, 0.6) is 0 Å². The highest BCUT2D eigenvalue weighted by Gasteiger charge is 2.08. The van der Waals surface area contributed by atoms with Crippen molar-refractivity contribution < 1.29 is 4.79 Å². The Morgan fingerprint density at radius 2 is 1.89 bits per heavy atom. The molecular formula is C15H11BrN2O. The van der Waals surface area contributed by atoms with E-state index < -0.39 is 0 Å². The van der Waals surface area contributed by atoms with Gasteiger partial charge in [0.1, 0.15) is 0 Å². The molecule has 0 heterocycles. The lowest BCUT2D eigenvalue weighted by molar-refractivity contribution is 0.102. The minimum absolute atomic E-state index is 0.189. The number of hydrogen-bond donors (Lipinski definition) is 1. The van der Waals surface area contributed by atoms with E-state index in [4.69, 9.17) is 5.26 Å². The van der Waals surface area contributed by atoms with E-state index in [0.29, 0.717) is 16.8 Å². The van der Waals surface area contributed by atoms with Crippen LogP contribution in [0.4, 0.5) is 5.69 Å². The van der Waals surface area contributed by atoms with E-state index in [-0.39, 0.29) is 5.91 Å². The second-order valence-electron chi connectivity index (χ2n) is 4.10.